The van der Waals surface area contributed by atoms with Gasteiger partial charge in [0.15, 0.2) is 23.0 Å². The molecule has 126 heavy (non-hydrogen) atoms. The first kappa shape index (κ1) is 81.1. The van der Waals surface area contributed by atoms with Crippen molar-refractivity contribution in [2.75, 3.05) is 107 Å². The molecule has 26 nitrogen and oxygen atoms in total. The van der Waals surface area contributed by atoms with Crippen molar-refractivity contribution in [1.29, 1.82) is 0 Å². The normalized spacial score (nSPS) is 18.7. The first-order valence-electron chi connectivity index (χ1n) is 42.7. The molecule has 3 spiro atoms. The summed E-state index contributed by atoms with van der Waals surface area (Å²) in [6, 6.07) is 51.1. The van der Waals surface area contributed by atoms with E-state index in [4.69, 9.17) is 49.5 Å². The quantitative estimate of drug-likeness (QED) is 0.0638. The van der Waals surface area contributed by atoms with Gasteiger partial charge in [-0.3, -0.25) is 14.8 Å². The molecule has 2 atom stereocenters. The van der Waals surface area contributed by atoms with Crippen molar-refractivity contribution in [2.45, 2.75) is 94.7 Å². The van der Waals surface area contributed by atoms with Gasteiger partial charge in [0.1, 0.15) is 66.2 Å². The lowest BCUT2D eigenvalue weighted by Gasteiger charge is -2.58. The van der Waals surface area contributed by atoms with Gasteiger partial charge in [-0.25, -0.2) is 37.5 Å². The zero-order valence-corrected chi connectivity index (χ0v) is 69.5. The average Bonchev–Trinajstić information content (AvgIpc) is 0.973. The third-order valence-corrected chi connectivity index (χ3v) is 26.3. The Morgan fingerprint density at radius 1 is 0.516 bits per heavy atom. The molecular weight excluding hydrogens is 1640 g/mol. The second kappa shape index (κ2) is 34.0. The van der Waals surface area contributed by atoms with Crippen molar-refractivity contribution in [3.63, 3.8) is 0 Å². The Morgan fingerprint density at radius 3 is 1.69 bits per heavy atom. The summed E-state index contributed by atoms with van der Waals surface area (Å²) in [7, 11) is 0. The number of aliphatic hydroxyl groups is 1. The number of carbonyl (C=O) groups is 4. The van der Waals surface area contributed by atoms with Gasteiger partial charge in [-0.05, 0) is 208 Å². The molecule has 8 aliphatic heterocycles. The number of halogens is 4. The Labute approximate surface area is 728 Å². The minimum atomic E-state index is -0.593. The molecule has 5 N–H and O–H groups in total. The molecule has 30 heteroatoms. The van der Waals surface area contributed by atoms with Crippen molar-refractivity contribution in [3.05, 3.63) is 241 Å². The molecule has 3 aliphatic carbocycles. The van der Waals surface area contributed by atoms with E-state index in [2.05, 4.69) is 47.3 Å². The maximum absolute atomic E-state index is 14.7. The molecular formula is C96H91ClF3N13O13. The number of pyridine rings is 3. The molecule has 0 radical (unpaired) electrons. The van der Waals surface area contributed by atoms with Gasteiger partial charge in [0, 0.05) is 161 Å². The average molecular weight is 1730 g/mol. The maximum atomic E-state index is 14.7. The summed E-state index contributed by atoms with van der Waals surface area (Å²) < 4.78 is 89.7. The lowest BCUT2D eigenvalue weighted by atomic mass is 9.62. The fraction of sp³-hybridized carbons (Fsp3) is 0.333. The van der Waals surface area contributed by atoms with E-state index in [1.807, 2.05) is 103 Å². The van der Waals surface area contributed by atoms with E-state index in [1.165, 1.54) is 30.3 Å². The van der Waals surface area contributed by atoms with E-state index in [0.717, 1.165) is 127 Å². The van der Waals surface area contributed by atoms with Crippen LogP contribution in [-0.4, -0.2) is 183 Å². The van der Waals surface area contributed by atoms with Gasteiger partial charge in [-0.15, -0.1) is 0 Å². The van der Waals surface area contributed by atoms with Crippen LogP contribution in [0.15, 0.2) is 207 Å². The lowest BCUT2D eigenvalue weighted by Crippen LogP contribution is -2.66. The molecule has 7 fully saturated rings. The van der Waals surface area contributed by atoms with Gasteiger partial charge in [-0.1, -0.05) is 41.9 Å². The van der Waals surface area contributed by atoms with Crippen LogP contribution in [0.2, 0.25) is 5.02 Å². The van der Waals surface area contributed by atoms with E-state index < -0.39 is 6.10 Å². The molecule has 0 bridgehead atoms. The van der Waals surface area contributed by atoms with Gasteiger partial charge in [0.25, 0.3) is 0 Å². The Bertz CT molecular complexity index is 6140. The van der Waals surface area contributed by atoms with Crippen molar-refractivity contribution in [1.82, 2.24) is 44.1 Å². The topological polar surface area (TPSA) is 280 Å². The number of ether oxygens (including phenoxy) is 8. The molecule has 3 saturated carbocycles. The number of aromatic nitrogens is 5. The van der Waals surface area contributed by atoms with Crippen LogP contribution in [-0.2, 0) is 11.2 Å². The largest absolute Gasteiger partial charge is 0.493 e. The van der Waals surface area contributed by atoms with Crippen LogP contribution in [0.3, 0.4) is 0 Å². The highest BCUT2D eigenvalue weighted by Gasteiger charge is 2.57. The predicted octanol–water partition coefficient (Wildman–Crippen LogP) is 17.0. The molecule has 8 aromatic carbocycles. The summed E-state index contributed by atoms with van der Waals surface area (Å²) in [6.07, 6.45) is 16.5. The van der Waals surface area contributed by atoms with Crippen LogP contribution < -0.4 is 59.2 Å². The smallest absolute Gasteiger partial charge is 0.321 e. The maximum Gasteiger partial charge on any atom is 0.321 e. The molecule has 23 rings (SSSR count). The standard InChI is InChI=1S/C26H27FN4O4.C24H22FN3O4.C24H22FN3O3.C22H20ClN3O2/c27-19-3-1-2-18-21-12-28-14-31(21)20(26(18)19)11-22(32)16-6-8-30(9-7-16)25(33)13-29-17-4-5-23-24(10-17)35-15-34-23;25-15-1-3-19-18(9-15)20(5-6-26-19)32-17-11-24(12-17)13-28(14-24)23(29)27-16-2-4-21-22(10-16)31-8-7-30-21;25-16-1-3-20-19(10-16)22(5-7-26-20)31-18-11-24(12-18)13-28(14-24)23(29)27-17-2-4-21-15(9-17)6-8-30-21;23-16-5-7-17(8-6-16)25-21(27)26-13-22(14-26)11-18(12-22)28-20-19-4-2-1-3-15(19)9-10-24-20/h1-5,10,12,14,16,20,22,29,32H,6-9,11,13,15H2;1-6,9-10,17H,7-8,11-14H2,(H,27,29);1-5,7,9-10,18H,6,8,11-14H2,(H,27,29);1-10,18H,11-14H2,(H,25,27). The van der Waals surface area contributed by atoms with Crippen molar-refractivity contribution in [3.8, 4) is 57.4 Å². The number of amides is 7. The van der Waals surface area contributed by atoms with Crippen LogP contribution in [0, 0.1) is 39.6 Å². The fourth-order valence-electron chi connectivity index (χ4n) is 19.6. The lowest BCUT2D eigenvalue weighted by molar-refractivity contribution is -0.131. The van der Waals surface area contributed by atoms with Crippen molar-refractivity contribution < 1.29 is 75.4 Å². The number of hydrogen-bond donors (Lipinski definition) is 5. The van der Waals surface area contributed by atoms with E-state index in [9.17, 15) is 37.5 Å². The number of benzene rings is 8. The molecule has 12 heterocycles. The zero-order valence-electron chi connectivity index (χ0n) is 68.7. The van der Waals surface area contributed by atoms with Crippen LogP contribution in [0.25, 0.3) is 43.8 Å². The second-order valence-electron chi connectivity index (χ2n) is 34.7. The van der Waals surface area contributed by atoms with Crippen LogP contribution in [0.4, 0.5) is 50.3 Å². The highest BCUT2D eigenvalue weighted by Crippen LogP contribution is 2.54. The van der Waals surface area contributed by atoms with E-state index in [-0.39, 0.29) is 101 Å². The Kier molecular flexibility index (Phi) is 21.9. The predicted molar refractivity (Wildman–Crippen MR) is 466 cm³/mol. The number of piperidine rings is 1. The van der Waals surface area contributed by atoms with Gasteiger partial charge in [0.2, 0.25) is 18.6 Å². The van der Waals surface area contributed by atoms with Gasteiger partial charge >= 0.3 is 18.1 Å². The number of likely N-dealkylation sites (tertiary alicyclic amines) is 4. The van der Waals surface area contributed by atoms with Crippen molar-refractivity contribution in [2.24, 2.45) is 22.2 Å². The summed E-state index contributed by atoms with van der Waals surface area (Å²) >= 11 is 5.88. The molecule has 646 valence electrons. The number of aliphatic hydroxyl groups excluding tert-OH is 1. The summed E-state index contributed by atoms with van der Waals surface area (Å²) in [5, 5.41) is 27.3. The minimum Gasteiger partial charge on any atom is -0.493 e. The molecule has 11 aliphatic rings. The summed E-state index contributed by atoms with van der Waals surface area (Å²) in [6.45, 7) is 7.75. The molecule has 7 amide bonds. The first-order valence-corrected chi connectivity index (χ1v) is 43.1. The molecule has 12 aromatic rings. The van der Waals surface area contributed by atoms with Crippen LogP contribution in [0.5, 0.6) is 46.1 Å². The zero-order chi connectivity index (χ0) is 85.8. The highest BCUT2D eigenvalue weighted by atomic mass is 35.5. The summed E-state index contributed by atoms with van der Waals surface area (Å²) in [4.78, 5) is 74.8. The highest BCUT2D eigenvalue weighted by molar-refractivity contribution is 6.30. The number of urea groups is 3. The monoisotopic (exact) mass is 1730 g/mol. The van der Waals surface area contributed by atoms with E-state index >= 15 is 0 Å². The molecule has 2 unspecified atom stereocenters. The van der Waals surface area contributed by atoms with Crippen LogP contribution >= 0.6 is 11.6 Å². The number of anilines is 4. The van der Waals surface area contributed by atoms with Crippen molar-refractivity contribution >= 4 is 90.9 Å². The number of imidazole rings is 1. The Hall–Kier alpha value is -13.3. The van der Waals surface area contributed by atoms with E-state index in [1.54, 1.807) is 91.8 Å². The minimum absolute atomic E-state index is 0.0189. The number of hydrogen-bond acceptors (Lipinski definition) is 18. The first-order chi connectivity index (χ1) is 61.3. The van der Waals surface area contributed by atoms with Gasteiger partial charge in [-0.2, -0.15) is 0 Å². The molecule has 4 aromatic heterocycles. The van der Waals surface area contributed by atoms with Crippen LogP contribution in [0.1, 0.15) is 75.0 Å². The Morgan fingerprint density at radius 2 is 1.05 bits per heavy atom. The number of fused-ring (bicyclic) bond motifs is 9. The molecule has 4 saturated heterocycles. The SMILES string of the molecule is O=C(CNc1ccc2c(c1)OCO2)N1CCC(C(O)CC2c3c(F)cccc3-c3cncn32)CC1.O=C(Nc1ccc(Cl)cc1)N1CC2(CC(Oc3nccc4ccccc34)C2)C1.O=C(Nc1ccc2c(c1)CCO2)N1CC2(CC(Oc3ccnc4ccc(F)cc34)C2)C1.O=C(Nc1ccc2c(c1)OCCO2)N1CC2(CC(Oc3ccnc4ccc(F)cc34)C2)C1. The summed E-state index contributed by atoms with van der Waals surface area (Å²) in [5.74, 6) is 4.87. The van der Waals surface area contributed by atoms with Gasteiger partial charge in [0.05, 0.1) is 54.5 Å². The number of nitrogens with zero attached hydrogens (tertiary/aromatic N) is 9. The third kappa shape index (κ3) is 16.9. The number of carbonyl (C=O) groups excluding carboxylic acids is 4. The van der Waals surface area contributed by atoms with E-state index in [0.29, 0.717) is 138 Å². The Balaban J connectivity index is 0.000000106. The fourth-order valence-corrected chi connectivity index (χ4v) is 19.7. The second-order valence-corrected chi connectivity index (χ2v) is 35.1. The number of rotatable bonds is 15. The summed E-state index contributed by atoms with van der Waals surface area (Å²) in [5.41, 5.74) is 8.43. The third-order valence-electron chi connectivity index (χ3n) is 26.0. The van der Waals surface area contributed by atoms with Gasteiger partial charge < -0.3 is 88.4 Å². The number of nitrogens with one attached hydrogen (secondary N) is 4.